The first-order valence-corrected chi connectivity index (χ1v) is 8.42. The zero-order valence-corrected chi connectivity index (χ0v) is 17.2. The van der Waals surface area contributed by atoms with Crippen molar-refractivity contribution in [2.24, 2.45) is 4.99 Å². The minimum absolute atomic E-state index is 0. The molecule has 0 saturated heterocycles. The minimum Gasteiger partial charge on any atom is -0.486 e. The molecule has 1 atom stereocenters. The van der Waals surface area contributed by atoms with E-state index in [9.17, 15) is 8.78 Å². The third kappa shape index (κ3) is 6.23. The lowest BCUT2D eigenvalue weighted by molar-refractivity contribution is 0.0936. The highest BCUT2D eigenvalue weighted by Crippen LogP contribution is 2.30. The predicted octanol–water partition coefficient (Wildman–Crippen LogP) is 3.13. The van der Waals surface area contributed by atoms with Crippen molar-refractivity contribution in [3.63, 3.8) is 0 Å². The zero-order valence-electron chi connectivity index (χ0n) is 14.9. The van der Waals surface area contributed by atoms with Gasteiger partial charge in [0, 0.05) is 19.7 Å². The Morgan fingerprint density at radius 1 is 1.11 bits per heavy atom. The van der Waals surface area contributed by atoms with E-state index in [2.05, 4.69) is 15.6 Å². The summed E-state index contributed by atoms with van der Waals surface area (Å²) >= 11 is 0. The molecule has 8 heteroatoms. The second-order valence-electron chi connectivity index (χ2n) is 5.91. The number of ether oxygens (including phenoxy) is 2. The number of hydrogen-bond donors (Lipinski definition) is 2. The van der Waals surface area contributed by atoms with Crippen LogP contribution in [0.4, 0.5) is 8.78 Å². The molecule has 1 aliphatic rings. The maximum atomic E-state index is 13.2. The molecule has 146 valence electrons. The maximum absolute atomic E-state index is 13.2. The molecule has 2 N–H and O–H groups in total. The summed E-state index contributed by atoms with van der Waals surface area (Å²) in [5.41, 5.74) is 0.589. The van der Waals surface area contributed by atoms with Gasteiger partial charge in [-0.15, -0.1) is 24.0 Å². The fourth-order valence-electron chi connectivity index (χ4n) is 2.68. The number of guanidine groups is 1. The predicted molar refractivity (Wildman–Crippen MR) is 111 cm³/mol. The van der Waals surface area contributed by atoms with Crippen LogP contribution < -0.4 is 20.1 Å². The van der Waals surface area contributed by atoms with Crippen LogP contribution in [0.15, 0.2) is 47.5 Å². The first-order chi connectivity index (χ1) is 12.6. The van der Waals surface area contributed by atoms with Crippen molar-refractivity contribution >= 4 is 29.9 Å². The highest BCUT2D eigenvalue weighted by Gasteiger charge is 2.20. The summed E-state index contributed by atoms with van der Waals surface area (Å²) in [6.45, 7) is 1.46. The van der Waals surface area contributed by atoms with E-state index < -0.39 is 11.6 Å². The molecule has 0 saturated carbocycles. The molecule has 0 spiro atoms. The Balaban J connectivity index is 0.00000261. The molecule has 2 aromatic rings. The SMILES string of the molecule is CN=C(NCCc1cc(F)cc(F)c1)NCC1COc2ccccc2O1.I. The van der Waals surface area contributed by atoms with Crippen LogP contribution in [0.25, 0.3) is 0 Å². The van der Waals surface area contributed by atoms with E-state index in [1.807, 2.05) is 24.3 Å². The van der Waals surface area contributed by atoms with E-state index in [0.717, 1.165) is 17.6 Å². The van der Waals surface area contributed by atoms with E-state index in [-0.39, 0.29) is 30.1 Å². The lowest BCUT2D eigenvalue weighted by Crippen LogP contribution is -2.45. The van der Waals surface area contributed by atoms with Gasteiger partial charge in [0.25, 0.3) is 0 Å². The molecule has 0 bridgehead atoms. The second-order valence-corrected chi connectivity index (χ2v) is 5.91. The van der Waals surface area contributed by atoms with Crippen LogP contribution in [-0.4, -0.2) is 38.8 Å². The number of benzene rings is 2. The molecule has 0 amide bonds. The van der Waals surface area contributed by atoms with Gasteiger partial charge in [-0.2, -0.15) is 0 Å². The van der Waals surface area contributed by atoms with Crippen LogP contribution in [0.5, 0.6) is 11.5 Å². The van der Waals surface area contributed by atoms with Crippen LogP contribution in [0.3, 0.4) is 0 Å². The molecule has 3 rings (SSSR count). The number of halogens is 3. The average molecular weight is 489 g/mol. The molecule has 0 radical (unpaired) electrons. The number of para-hydroxylation sites is 2. The molecule has 2 aromatic carbocycles. The van der Waals surface area contributed by atoms with E-state index in [4.69, 9.17) is 9.47 Å². The topological polar surface area (TPSA) is 54.9 Å². The summed E-state index contributed by atoms with van der Waals surface area (Å²) in [5, 5.41) is 6.28. The van der Waals surface area contributed by atoms with Gasteiger partial charge < -0.3 is 20.1 Å². The Labute approximate surface area is 174 Å². The average Bonchev–Trinajstić information content (AvgIpc) is 2.63. The van der Waals surface area contributed by atoms with Gasteiger partial charge in [0.1, 0.15) is 24.3 Å². The van der Waals surface area contributed by atoms with Gasteiger partial charge in [0.05, 0.1) is 6.54 Å². The monoisotopic (exact) mass is 489 g/mol. The molecule has 5 nitrogen and oxygen atoms in total. The molecule has 1 heterocycles. The molecule has 27 heavy (non-hydrogen) atoms. The highest BCUT2D eigenvalue weighted by molar-refractivity contribution is 14.0. The maximum Gasteiger partial charge on any atom is 0.191 e. The Hall–Kier alpha value is -2.10. The third-order valence-corrected chi connectivity index (χ3v) is 3.92. The highest BCUT2D eigenvalue weighted by atomic mass is 127. The van der Waals surface area contributed by atoms with Crippen molar-refractivity contribution in [2.45, 2.75) is 12.5 Å². The van der Waals surface area contributed by atoms with Crippen LogP contribution in [0, 0.1) is 11.6 Å². The molecule has 1 unspecified atom stereocenters. The summed E-state index contributed by atoms with van der Waals surface area (Å²) in [4.78, 5) is 4.13. The second kappa shape index (κ2) is 10.3. The molecular formula is C19H22F2IN3O2. The van der Waals surface area contributed by atoms with Gasteiger partial charge in [-0.05, 0) is 36.2 Å². The van der Waals surface area contributed by atoms with Gasteiger partial charge >= 0.3 is 0 Å². The molecule has 1 aliphatic heterocycles. The van der Waals surface area contributed by atoms with Crippen molar-refractivity contribution in [3.8, 4) is 11.5 Å². The summed E-state index contributed by atoms with van der Waals surface area (Å²) in [6.07, 6.45) is 0.340. The van der Waals surface area contributed by atoms with Gasteiger partial charge in [-0.3, -0.25) is 4.99 Å². The van der Waals surface area contributed by atoms with Crippen molar-refractivity contribution in [2.75, 3.05) is 26.7 Å². The Kier molecular flexibility index (Phi) is 8.08. The quantitative estimate of drug-likeness (QED) is 0.385. The minimum atomic E-state index is -0.572. The molecule has 0 fully saturated rings. The van der Waals surface area contributed by atoms with Crippen LogP contribution in [0.1, 0.15) is 5.56 Å². The first kappa shape index (κ1) is 21.2. The number of nitrogens with zero attached hydrogens (tertiary/aromatic N) is 1. The zero-order chi connectivity index (χ0) is 18.4. The fourth-order valence-corrected chi connectivity index (χ4v) is 2.68. The van der Waals surface area contributed by atoms with E-state index in [0.29, 0.717) is 37.6 Å². The van der Waals surface area contributed by atoms with Gasteiger partial charge in [0.2, 0.25) is 0 Å². The van der Waals surface area contributed by atoms with Crippen LogP contribution in [0.2, 0.25) is 0 Å². The Bertz CT molecular complexity index is 769. The largest absolute Gasteiger partial charge is 0.486 e. The van der Waals surface area contributed by atoms with Crippen LogP contribution in [-0.2, 0) is 6.42 Å². The van der Waals surface area contributed by atoms with Crippen molar-refractivity contribution < 1.29 is 18.3 Å². The Morgan fingerprint density at radius 2 is 1.81 bits per heavy atom. The van der Waals surface area contributed by atoms with Gasteiger partial charge in [-0.1, -0.05) is 12.1 Å². The third-order valence-electron chi connectivity index (χ3n) is 3.92. The summed E-state index contributed by atoms with van der Waals surface area (Å²) in [6, 6.07) is 11.0. The lowest BCUT2D eigenvalue weighted by Gasteiger charge is -2.27. The Morgan fingerprint density at radius 3 is 2.52 bits per heavy atom. The van der Waals surface area contributed by atoms with E-state index in [1.54, 1.807) is 7.05 Å². The first-order valence-electron chi connectivity index (χ1n) is 8.42. The number of aliphatic imine (C=N–C) groups is 1. The summed E-state index contributed by atoms with van der Waals surface area (Å²) in [7, 11) is 1.66. The van der Waals surface area contributed by atoms with E-state index >= 15 is 0 Å². The number of fused-ring (bicyclic) bond motifs is 1. The van der Waals surface area contributed by atoms with Gasteiger partial charge in [-0.25, -0.2) is 8.78 Å². The van der Waals surface area contributed by atoms with Crippen molar-refractivity contribution in [1.29, 1.82) is 0 Å². The number of nitrogens with one attached hydrogen (secondary N) is 2. The summed E-state index contributed by atoms with van der Waals surface area (Å²) in [5.74, 6) is 0.911. The number of rotatable bonds is 5. The normalized spacial score (nSPS) is 15.7. The summed E-state index contributed by atoms with van der Waals surface area (Å²) < 4.78 is 37.9. The standard InChI is InChI=1S/C19H21F2N3O2.HI/c1-22-19(23-7-6-13-8-14(20)10-15(21)9-13)24-11-16-12-25-17-4-2-3-5-18(17)26-16;/h2-5,8-10,16H,6-7,11-12H2,1H3,(H2,22,23,24);1H. The van der Waals surface area contributed by atoms with Crippen molar-refractivity contribution in [3.05, 3.63) is 59.7 Å². The molecule has 0 aliphatic carbocycles. The van der Waals surface area contributed by atoms with Gasteiger partial charge in [0.15, 0.2) is 17.5 Å². The van der Waals surface area contributed by atoms with Crippen LogP contribution >= 0.6 is 24.0 Å². The molecule has 0 aromatic heterocycles. The fraction of sp³-hybridized carbons (Fsp3) is 0.316. The molecular weight excluding hydrogens is 467 g/mol. The lowest BCUT2D eigenvalue weighted by atomic mass is 10.1. The number of hydrogen-bond acceptors (Lipinski definition) is 3. The smallest absolute Gasteiger partial charge is 0.191 e. The van der Waals surface area contributed by atoms with E-state index in [1.165, 1.54) is 12.1 Å². The van der Waals surface area contributed by atoms with Crippen molar-refractivity contribution in [1.82, 2.24) is 10.6 Å².